The van der Waals surface area contributed by atoms with Crippen molar-refractivity contribution in [2.75, 3.05) is 0 Å². The number of hydrogen-bond donors (Lipinski definition) is 2. The highest BCUT2D eigenvalue weighted by Gasteiger charge is 2.58. The lowest BCUT2D eigenvalue weighted by molar-refractivity contribution is -0.137. The number of carboxylic acid groups (broad SMARTS) is 1. The average molecular weight is 377 g/mol. The Morgan fingerprint density at radius 2 is 1.85 bits per heavy atom. The quantitative estimate of drug-likeness (QED) is 0.694. The molecule has 0 aromatic carbocycles. The molecule has 154 valence electrons. The highest BCUT2D eigenvalue weighted by atomic mass is 16.4. The van der Waals surface area contributed by atoms with Crippen molar-refractivity contribution in [3.63, 3.8) is 0 Å². The van der Waals surface area contributed by atoms with Crippen LogP contribution in [0.5, 0.6) is 0 Å². The molecule has 0 aromatic heterocycles. The van der Waals surface area contributed by atoms with Gasteiger partial charge in [-0.15, -0.1) is 0 Å². The van der Waals surface area contributed by atoms with Gasteiger partial charge in [-0.05, 0) is 111 Å². The molecule has 4 aliphatic rings. The summed E-state index contributed by atoms with van der Waals surface area (Å²) in [6.07, 6.45) is 11.2. The Balaban J connectivity index is 1.51. The molecule has 4 fully saturated rings. The molecule has 27 heavy (non-hydrogen) atoms. The number of fused-ring (bicyclic) bond motifs is 5. The summed E-state index contributed by atoms with van der Waals surface area (Å²) in [6, 6.07) is 0. The number of hydrogen-bond acceptors (Lipinski definition) is 2. The summed E-state index contributed by atoms with van der Waals surface area (Å²) < 4.78 is 0. The van der Waals surface area contributed by atoms with E-state index in [1.165, 1.54) is 38.5 Å². The van der Waals surface area contributed by atoms with Gasteiger partial charge in [0.05, 0.1) is 6.10 Å². The number of rotatable bonds is 4. The van der Waals surface area contributed by atoms with E-state index in [-0.39, 0.29) is 6.10 Å². The Kier molecular flexibility index (Phi) is 5.37. The van der Waals surface area contributed by atoms with E-state index in [1.54, 1.807) is 0 Å². The maximum Gasteiger partial charge on any atom is 0.303 e. The number of aliphatic hydroxyl groups is 1. The summed E-state index contributed by atoms with van der Waals surface area (Å²) in [5.41, 5.74) is 0.453. The summed E-state index contributed by atoms with van der Waals surface area (Å²) in [6.45, 7) is 7.38. The fourth-order valence-electron chi connectivity index (χ4n) is 8.59. The Bertz CT molecular complexity index is 560. The van der Waals surface area contributed by atoms with Crippen molar-refractivity contribution in [1.82, 2.24) is 0 Å². The van der Waals surface area contributed by atoms with E-state index in [4.69, 9.17) is 5.11 Å². The maximum atomic E-state index is 11.0. The molecule has 0 aliphatic heterocycles. The molecule has 0 spiro atoms. The normalized spacial score (nSPS) is 50.4. The van der Waals surface area contributed by atoms with Crippen molar-refractivity contribution in [1.29, 1.82) is 0 Å². The minimum Gasteiger partial charge on any atom is -0.481 e. The second-order valence-corrected chi connectivity index (χ2v) is 11.1. The fourth-order valence-corrected chi connectivity index (χ4v) is 8.59. The van der Waals surface area contributed by atoms with Crippen molar-refractivity contribution in [2.24, 2.45) is 52.8 Å². The number of aliphatic hydroxyl groups excluding tert-OH is 1. The summed E-state index contributed by atoms with van der Waals surface area (Å²) in [7, 11) is 0. The Morgan fingerprint density at radius 1 is 1.11 bits per heavy atom. The molecule has 0 amide bonds. The first-order valence-electron chi connectivity index (χ1n) is 11.7. The van der Waals surface area contributed by atoms with Crippen molar-refractivity contribution in [3.8, 4) is 0 Å². The van der Waals surface area contributed by atoms with Crippen LogP contribution >= 0.6 is 0 Å². The molecule has 0 saturated heterocycles. The standard InChI is InChI=1S/C24H40O3/c1-14(4-9-22(26)27)18-7-8-20-19-6-5-16-13-17(25)10-11-24(16,3)21(19)12-15(2)23(18)20/h14-21,23,25H,4-13H2,1-3H3,(H,26,27). The van der Waals surface area contributed by atoms with Gasteiger partial charge >= 0.3 is 5.97 Å². The van der Waals surface area contributed by atoms with Crippen molar-refractivity contribution < 1.29 is 15.0 Å². The average Bonchev–Trinajstić information content (AvgIpc) is 3.07. The highest BCUT2D eigenvalue weighted by Crippen LogP contribution is 2.65. The van der Waals surface area contributed by atoms with Crippen LogP contribution in [0.25, 0.3) is 0 Å². The first-order chi connectivity index (χ1) is 12.8. The van der Waals surface area contributed by atoms with Crippen molar-refractivity contribution >= 4 is 5.97 Å². The number of carbonyl (C=O) groups is 1. The van der Waals surface area contributed by atoms with Crippen LogP contribution in [0, 0.1) is 52.8 Å². The van der Waals surface area contributed by atoms with Gasteiger partial charge < -0.3 is 10.2 Å². The molecule has 2 N–H and O–H groups in total. The van der Waals surface area contributed by atoms with E-state index in [0.717, 1.165) is 60.7 Å². The zero-order valence-electron chi connectivity index (χ0n) is 17.6. The lowest BCUT2D eigenvalue weighted by atomic mass is 9.45. The minimum atomic E-state index is -0.640. The van der Waals surface area contributed by atoms with E-state index >= 15 is 0 Å². The van der Waals surface area contributed by atoms with E-state index in [2.05, 4.69) is 20.8 Å². The maximum absolute atomic E-state index is 11.0. The molecule has 3 heteroatoms. The molecule has 0 radical (unpaired) electrons. The van der Waals surface area contributed by atoms with Gasteiger partial charge in [0.15, 0.2) is 0 Å². The number of carboxylic acids is 1. The molecular weight excluding hydrogens is 336 g/mol. The van der Waals surface area contributed by atoms with Crippen LogP contribution in [0.2, 0.25) is 0 Å². The Hall–Kier alpha value is -0.570. The van der Waals surface area contributed by atoms with Gasteiger partial charge in [-0.2, -0.15) is 0 Å². The molecule has 0 aromatic rings. The lowest BCUT2D eigenvalue weighted by Gasteiger charge is -2.60. The second kappa shape index (κ2) is 7.35. The zero-order chi connectivity index (χ0) is 19.3. The first kappa shape index (κ1) is 19.7. The van der Waals surface area contributed by atoms with Gasteiger partial charge in [-0.25, -0.2) is 0 Å². The fraction of sp³-hybridized carbons (Fsp3) is 0.958. The zero-order valence-corrected chi connectivity index (χ0v) is 17.6. The predicted molar refractivity (Wildman–Crippen MR) is 107 cm³/mol. The third-order valence-corrected chi connectivity index (χ3v) is 9.92. The van der Waals surface area contributed by atoms with Crippen LogP contribution in [0.1, 0.15) is 85.0 Å². The van der Waals surface area contributed by atoms with E-state index < -0.39 is 5.97 Å². The predicted octanol–water partition coefficient (Wildman–Crippen LogP) is 5.36. The summed E-state index contributed by atoms with van der Waals surface area (Å²) in [5, 5.41) is 19.3. The topological polar surface area (TPSA) is 57.5 Å². The van der Waals surface area contributed by atoms with Crippen molar-refractivity contribution in [2.45, 2.75) is 91.1 Å². The molecule has 4 saturated carbocycles. The summed E-state index contributed by atoms with van der Waals surface area (Å²) in [5.74, 6) is 5.60. The summed E-state index contributed by atoms with van der Waals surface area (Å²) >= 11 is 0. The molecule has 0 bridgehead atoms. The second-order valence-electron chi connectivity index (χ2n) is 11.1. The van der Waals surface area contributed by atoms with Gasteiger partial charge in [0.1, 0.15) is 0 Å². The lowest BCUT2D eigenvalue weighted by Crippen LogP contribution is -2.53. The van der Waals surface area contributed by atoms with Crippen LogP contribution in [-0.2, 0) is 4.79 Å². The Labute approximate surface area is 165 Å². The molecule has 0 heterocycles. The smallest absolute Gasteiger partial charge is 0.303 e. The third-order valence-electron chi connectivity index (χ3n) is 9.92. The minimum absolute atomic E-state index is 0.0562. The van der Waals surface area contributed by atoms with Crippen LogP contribution < -0.4 is 0 Å². The monoisotopic (exact) mass is 376 g/mol. The van der Waals surface area contributed by atoms with Gasteiger partial charge in [0.2, 0.25) is 0 Å². The summed E-state index contributed by atoms with van der Waals surface area (Å²) in [4.78, 5) is 11.0. The van der Waals surface area contributed by atoms with Gasteiger partial charge in [-0.3, -0.25) is 4.79 Å². The molecular formula is C24H40O3. The molecule has 3 nitrogen and oxygen atoms in total. The third kappa shape index (κ3) is 3.36. The Morgan fingerprint density at radius 3 is 2.59 bits per heavy atom. The molecule has 10 atom stereocenters. The van der Waals surface area contributed by atoms with E-state index in [9.17, 15) is 9.90 Å². The van der Waals surface area contributed by atoms with Crippen molar-refractivity contribution in [3.05, 3.63) is 0 Å². The van der Waals surface area contributed by atoms with Gasteiger partial charge in [0, 0.05) is 6.42 Å². The van der Waals surface area contributed by atoms with Gasteiger partial charge in [0.25, 0.3) is 0 Å². The number of aliphatic carboxylic acids is 1. The SMILES string of the molecule is CC(CCC(=O)O)C1CCC2C3CCC4CC(O)CCC4(C)C3CC(C)C12. The molecule has 4 rings (SSSR count). The molecule has 10 unspecified atom stereocenters. The largest absolute Gasteiger partial charge is 0.481 e. The van der Waals surface area contributed by atoms with E-state index in [0.29, 0.717) is 17.8 Å². The van der Waals surface area contributed by atoms with Crippen LogP contribution in [0.15, 0.2) is 0 Å². The highest BCUT2D eigenvalue weighted by molar-refractivity contribution is 5.66. The van der Waals surface area contributed by atoms with E-state index in [1.807, 2.05) is 0 Å². The van der Waals surface area contributed by atoms with Crippen LogP contribution in [0.4, 0.5) is 0 Å². The molecule has 4 aliphatic carbocycles. The van der Waals surface area contributed by atoms with Gasteiger partial charge in [-0.1, -0.05) is 20.8 Å². The van der Waals surface area contributed by atoms with Crippen LogP contribution in [0.3, 0.4) is 0 Å². The first-order valence-corrected chi connectivity index (χ1v) is 11.7. The van der Waals surface area contributed by atoms with Crippen LogP contribution in [-0.4, -0.2) is 22.3 Å².